The molecule has 3 rings (SSSR count). The summed E-state index contributed by atoms with van der Waals surface area (Å²) in [6.07, 6.45) is 2.18. The molecule has 1 aliphatic heterocycles. The van der Waals surface area contributed by atoms with Crippen LogP contribution in [0.3, 0.4) is 0 Å². The summed E-state index contributed by atoms with van der Waals surface area (Å²) in [4.78, 5) is 12.5. The molecule has 2 aromatic rings. The Labute approximate surface area is 167 Å². The molecule has 150 valence electrons. The fourth-order valence-corrected chi connectivity index (χ4v) is 3.42. The van der Waals surface area contributed by atoms with Gasteiger partial charge in [0.25, 0.3) is 5.91 Å². The van der Waals surface area contributed by atoms with Crippen LogP contribution in [0.2, 0.25) is 0 Å². The Hall–Kier alpha value is -2.53. The molecule has 1 saturated heterocycles. The van der Waals surface area contributed by atoms with Crippen molar-refractivity contribution in [3.8, 4) is 11.5 Å². The first-order valence-electron chi connectivity index (χ1n) is 9.91. The number of nitrogens with one attached hydrogen (secondary N) is 1. The third kappa shape index (κ3) is 5.49. The van der Waals surface area contributed by atoms with Crippen molar-refractivity contribution in [3.05, 3.63) is 58.7 Å². The first kappa shape index (κ1) is 20.2. The molecule has 28 heavy (non-hydrogen) atoms. The lowest BCUT2D eigenvalue weighted by molar-refractivity contribution is 0.0857. The van der Waals surface area contributed by atoms with Gasteiger partial charge in [-0.3, -0.25) is 4.79 Å². The minimum Gasteiger partial charge on any atom is -0.493 e. The highest BCUT2D eigenvalue weighted by Gasteiger charge is 2.17. The molecule has 0 aromatic heterocycles. The standard InChI is InChI=1S/C23H29NO4/c1-4-26-22-8-7-18(23(25)24-14-20-6-5-9-27-20)13-19(22)15-28-21-11-16(2)10-17(3)12-21/h7-8,10-13,20H,4-6,9,14-15H2,1-3H3,(H,24,25)/t20-/m1/s1. The van der Waals surface area contributed by atoms with E-state index < -0.39 is 0 Å². The zero-order valence-corrected chi connectivity index (χ0v) is 16.9. The Morgan fingerprint density at radius 1 is 1.14 bits per heavy atom. The topological polar surface area (TPSA) is 56.8 Å². The average Bonchev–Trinajstić information content (AvgIpc) is 3.18. The van der Waals surface area contributed by atoms with Crippen molar-refractivity contribution in [2.75, 3.05) is 19.8 Å². The lowest BCUT2D eigenvalue weighted by Gasteiger charge is -2.15. The molecule has 0 saturated carbocycles. The van der Waals surface area contributed by atoms with Gasteiger partial charge in [-0.2, -0.15) is 0 Å². The molecule has 0 unspecified atom stereocenters. The van der Waals surface area contributed by atoms with E-state index in [1.807, 2.05) is 45.0 Å². The molecule has 1 amide bonds. The number of carbonyl (C=O) groups is 1. The first-order valence-corrected chi connectivity index (χ1v) is 9.91. The minimum atomic E-state index is -0.105. The molecule has 0 spiro atoms. The average molecular weight is 383 g/mol. The smallest absolute Gasteiger partial charge is 0.251 e. The van der Waals surface area contributed by atoms with E-state index in [0.29, 0.717) is 25.3 Å². The van der Waals surface area contributed by atoms with Gasteiger partial charge in [0.05, 0.1) is 12.7 Å². The van der Waals surface area contributed by atoms with E-state index in [2.05, 4.69) is 11.4 Å². The van der Waals surface area contributed by atoms with Crippen LogP contribution in [0.4, 0.5) is 0 Å². The predicted octanol–water partition coefficient (Wildman–Crippen LogP) is 4.19. The van der Waals surface area contributed by atoms with E-state index >= 15 is 0 Å². The second-order valence-corrected chi connectivity index (χ2v) is 7.21. The van der Waals surface area contributed by atoms with Gasteiger partial charge >= 0.3 is 0 Å². The van der Waals surface area contributed by atoms with Crippen LogP contribution in [0.1, 0.15) is 46.8 Å². The van der Waals surface area contributed by atoms with Crippen molar-refractivity contribution in [3.63, 3.8) is 0 Å². The first-order chi connectivity index (χ1) is 13.5. The van der Waals surface area contributed by atoms with Crippen LogP contribution in [0.25, 0.3) is 0 Å². The monoisotopic (exact) mass is 383 g/mol. The SMILES string of the molecule is CCOc1ccc(C(=O)NC[C@H]2CCCO2)cc1COc1cc(C)cc(C)c1. The maximum Gasteiger partial charge on any atom is 0.251 e. The van der Waals surface area contributed by atoms with Crippen molar-refractivity contribution in [2.45, 2.75) is 46.3 Å². The number of ether oxygens (including phenoxy) is 3. The fraction of sp³-hybridized carbons (Fsp3) is 0.435. The van der Waals surface area contributed by atoms with Crippen LogP contribution in [-0.4, -0.2) is 31.8 Å². The Morgan fingerprint density at radius 2 is 1.93 bits per heavy atom. The van der Waals surface area contributed by atoms with Gasteiger partial charge < -0.3 is 19.5 Å². The van der Waals surface area contributed by atoms with E-state index in [1.165, 1.54) is 0 Å². The van der Waals surface area contributed by atoms with Gasteiger partial charge in [0.2, 0.25) is 0 Å². The largest absolute Gasteiger partial charge is 0.493 e. The third-order valence-electron chi connectivity index (χ3n) is 4.73. The molecule has 1 N–H and O–H groups in total. The molecule has 1 atom stereocenters. The number of carbonyl (C=O) groups excluding carboxylic acids is 1. The number of aryl methyl sites for hydroxylation is 2. The molecule has 5 heteroatoms. The fourth-order valence-electron chi connectivity index (χ4n) is 3.42. The van der Waals surface area contributed by atoms with E-state index in [0.717, 1.165) is 47.6 Å². The molecule has 0 aliphatic carbocycles. The number of hydrogen-bond donors (Lipinski definition) is 1. The van der Waals surface area contributed by atoms with Gasteiger partial charge in [-0.25, -0.2) is 0 Å². The van der Waals surface area contributed by atoms with Crippen LogP contribution >= 0.6 is 0 Å². The van der Waals surface area contributed by atoms with Crippen molar-refractivity contribution >= 4 is 5.91 Å². The highest BCUT2D eigenvalue weighted by Crippen LogP contribution is 2.24. The van der Waals surface area contributed by atoms with Crippen LogP contribution in [-0.2, 0) is 11.3 Å². The van der Waals surface area contributed by atoms with Crippen LogP contribution in [0.15, 0.2) is 36.4 Å². The normalized spacial score (nSPS) is 16.0. The van der Waals surface area contributed by atoms with Crippen molar-refractivity contribution in [1.82, 2.24) is 5.32 Å². The highest BCUT2D eigenvalue weighted by atomic mass is 16.5. The van der Waals surface area contributed by atoms with Gasteiger partial charge in [-0.05, 0) is 75.1 Å². The van der Waals surface area contributed by atoms with E-state index in [4.69, 9.17) is 14.2 Å². The third-order valence-corrected chi connectivity index (χ3v) is 4.73. The van der Waals surface area contributed by atoms with Gasteiger partial charge in [0.15, 0.2) is 0 Å². The second-order valence-electron chi connectivity index (χ2n) is 7.21. The Morgan fingerprint density at radius 3 is 2.61 bits per heavy atom. The van der Waals surface area contributed by atoms with E-state index in [-0.39, 0.29) is 12.0 Å². The maximum absolute atomic E-state index is 12.5. The zero-order valence-electron chi connectivity index (χ0n) is 16.9. The summed E-state index contributed by atoms with van der Waals surface area (Å²) in [5, 5.41) is 2.96. The minimum absolute atomic E-state index is 0.105. The Balaban J connectivity index is 1.70. The van der Waals surface area contributed by atoms with Crippen LogP contribution < -0.4 is 14.8 Å². The molecule has 5 nitrogen and oxygen atoms in total. The predicted molar refractivity (Wildman–Crippen MR) is 109 cm³/mol. The van der Waals surface area contributed by atoms with Crippen molar-refractivity contribution in [2.24, 2.45) is 0 Å². The van der Waals surface area contributed by atoms with Crippen LogP contribution in [0, 0.1) is 13.8 Å². The van der Waals surface area contributed by atoms with Gasteiger partial charge in [-0.1, -0.05) is 6.07 Å². The van der Waals surface area contributed by atoms with E-state index in [9.17, 15) is 4.79 Å². The summed E-state index contributed by atoms with van der Waals surface area (Å²) in [5.74, 6) is 1.45. The molecular weight excluding hydrogens is 354 g/mol. The lowest BCUT2D eigenvalue weighted by Crippen LogP contribution is -2.31. The van der Waals surface area contributed by atoms with Crippen molar-refractivity contribution in [1.29, 1.82) is 0 Å². The lowest BCUT2D eigenvalue weighted by atomic mass is 10.1. The quantitative estimate of drug-likeness (QED) is 0.743. The summed E-state index contributed by atoms with van der Waals surface area (Å²) >= 11 is 0. The summed E-state index contributed by atoms with van der Waals surface area (Å²) in [6.45, 7) is 8.25. The van der Waals surface area contributed by atoms with Gasteiger partial charge in [0.1, 0.15) is 18.1 Å². The molecule has 2 aromatic carbocycles. The zero-order chi connectivity index (χ0) is 19.9. The van der Waals surface area contributed by atoms with Crippen molar-refractivity contribution < 1.29 is 19.0 Å². The summed E-state index contributed by atoms with van der Waals surface area (Å²) < 4.78 is 17.3. The van der Waals surface area contributed by atoms with Gasteiger partial charge in [0, 0.05) is 24.3 Å². The molecule has 1 aliphatic rings. The molecule has 0 bridgehead atoms. The number of benzene rings is 2. The Bertz CT molecular complexity index is 792. The molecular formula is C23H29NO4. The van der Waals surface area contributed by atoms with Crippen LogP contribution in [0.5, 0.6) is 11.5 Å². The Kier molecular flexibility index (Phi) is 6.93. The highest BCUT2D eigenvalue weighted by molar-refractivity contribution is 5.94. The molecule has 0 radical (unpaired) electrons. The number of hydrogen-bond acceptors (Lipinski definition) is 4. The molecule has 1 heterocycles. The summed E-state index contributed by atoms with van der Waals surface area (Å²) in [5.41, 5.74) is 3.76. The number of amides is 1. The van der Waals surface area contributed by atoms with E-state index in [1.54, 1.807) is 6.07 Å². The maximum atomic E-state index is 12.5. The van der Waals surface area contributed by atoms with Gasteiger partial charge in [-0.15, -0.1) is 0 Å². The summed E-state index contributed by atoms with van der Waals surface area (Å²) in [7, 11) is 0. The number of rotatable bonds is 8. The summed E-state index contributed by atoms with van der Waals surface area (Å²) in [6, 6.07) is 11.6. The molecule has 1 fully saturated rings. The second kappa shape index (κ2) is 9.60.